The Kier molecular flexibility index (Phi) is 6.02. The van der Waals surface area contributed by atoms with E-state index in [2.05, 4.69) is 24.5 Å². The Hall–Kier alpha value is -2.04. The quantitative estimate of drug-likeness (QED) is 0.722. The maximum absolute atomic E-state index is 11.8. The Morgan fingerprint density at radius 3 is 2.57 bits per heavy atom. The first kappa shape index (κ1) is 17.3. The van der Waals surface area contributed by atoms with Crippen molar-refractivity contribution < 1.29 is 14.3 Å². The molecule has 0 saturated heterocycles. The number of hydrogen-bond donors (Lipinski definition) is 2. The molecule has 23 heavy (non-hydrogen) atoms. The van der Waals surface area contributed by atoms with E-state index in [1.165, 1.54) is 0 Å². The van der Waals surface area contributed by atoms with E-state index in [1.807, 2.05) is 25.1 Å². The normalized spacial score (nSPS) is 13.7. The maximum atomic E-state index is 11.8. The number of ether oxygens (including phenoxy) is 1. The van der Waals surface area contributed by atoms with Crippen LogP contribution in [0.2, 0.25) is 0 Å². The average Bonchev–Trinajstić information content (AvgIpc) is 3.33. The van der Waals surface area contributed by atoms with Gasteiger partial charge in [0.15, 0.2) is 6.61 Å². The molecule has 1 aliphatic rings. The van der Waals surface area contributed by atoms with Gasteiger partial charge in [-0.15, -0.1) is 0 Å². The van der Waals surface area contributed by atoms with Crippen LogP contribution >= 0.6 is 0 Å². The van der Waals surface area contributed by atoms with Crippen LogP contribution in [0.5, 0.6) is 5.75 Å². The molecule has 0 aliphatic heterocycles. The monoisotopic (exact) mass is 318 g/mol. The van der Waals surface area contributed by atoms with Gasteiger partial charge in [0.1, 0.15) is 5.75 Å². The topological polar surface area (TPSA) is 67.4 Å². The molecule has 0 bridgehead atoms. The molecule has 0 aromatic heterocycles. The van der Waals surface area contributed by atoms with Gasteiger partial charge in [0.25, 0.3) is 5.91 Å². The lowest BCUT2D eigenvalue weighted by Gasteiger charge is -2.15. The summed E-state index contributed by atoms with van der Waals surface area (Å²) in [4.78, 5) is 23.3. The highest BCUT2D eigenvalue weighted by Crippen LogP contribution is 2.28. The molecule has 2 rings (SSSR count). The molecule has 0 heterocycles. The smallest absolute Gasteiger partial charge is 0.258 e. The Balaban J connectivity index is 1.71. The second-order valence-electron chi connectivity index (χ2n) is 6.40. The highest BCUT2D eigenvalue weighted by molar-refractivity contribution is 5.81. The summed E-state index contributed by atoms with van der Waals surface area (Å²) in [5.41, 5.74) is 2.20. The van der Waals surface area contributed by atoms with Crippen LogP contribution in [0.1, 0.15) is 43.7 Å². The van der Waals surface area contributed by atoms with Gasteiger partial charge in [-0.1, -0.05) is 26.0 Å². The fraction of sp³-hybridized carbons (Fsp3) is 0.556. The van der Waals surface area contributed by atoms with E-state index < -0.39 is 0 Å². The molecule has 2 amide bonds. The third kappa shape index (κ3) is 5.58. The van der Waals surface area contributed by atoms with Crippen LogP contribution in [0.25, 0.3) is 0 Å². The van der Waals surface area contributed by atoms with E-state index in [9.17, 15) is 9.59 Å². The fourth-order valence-electron chi connectivity index (χ4n) is 2.32. The van der Waals surface area contributed by atoms with Crippen molar-refractivity contribution in [3.05, 3.63) is 29.3 Å². The molecule has 0 radical (unpaired) electrons. The summed E-state index contributed by atoms with van der Waals surface area (Å²) in [6.07, 6.45) is 1.97. The van der Waals surface area contributed by atoms with Crippen molar-refractivity contribution in [2.75, 3.05) is 19.7 Å². The van der Waals surface area contributed by atoms with Crippen molar-refractivity contribution >= 4 is 11.8 Å². The Morgan fingerprint density at radius 2 is 1.91 bits per heavy atom. The number of amides is 2. The van der Waals surface area contributed by atoms with Crippen LogP contribution < -0.4 is 15.4 Å². The van der Waals surface area contributed by atoms with Crippen LogP contribution in [0.3, 0.4) is 0 Å². The van der Waals surface area contributed by atoms with E-state index in [1.54, 1.807) is 0 Å². The minimum absolute atomic E-state index is 0.0141. The molecular formula is C18H26N2O3. The summed E-state index contributed by atoms with van der Waals surface area (Å²) in [5.74, 6) is 1.21. The summed E-state index contributed by atoms with van der Waals surface area (Å²) in [7, 11) is 0. The molecule has 1 aliphatic carbocycles. The van der Waals surface area contributed by atoms with Gasteiger partial charge in [-0.25, -0.2) is 0 Å². The van der Waals surface area contributed by atoms with Gasteiger partial charge in [-0.2, -0.15) is 0 Å². The minimum Gasteiger partial charge on any atom is -0.483 e. The summed E-state index contributed by atoms with van der Waals surface area (Å²) >= 11 is 0. The number of hydrogen-bond acceptors (Lipinski definition) is 3. The number of nitrogens with one attached hydrogen (secondary N) is 2. The van der Waals surface area contributed by atoms with Crippen molar-refractivity contribution in [3.8, 4) is 5.75 Å². The standard InChI is InChI=1S/C18H26N2O3/c1-12(2)15-7-4-13(3)10-16(15)23-11-17(21)19-8-9-20-18(22)14-5-6-14/h4,7,10,12,14H,5-6,8-9,11H2,1-3H3,(H,19,21)(H,20,22). The number of rotatable bonds is 8. The van der Waals surface area contributed by atoms with Crippen molar-refractivity contribution in [3.63, 3.8) is 0 Å². The number of carbonyl (C=O) groups excluding carboxylic acids is 2. The molecule has 5 nitrogen and oxygen atoms in total. The third-order valence-electron chi connectivity index (χ3n) is 3.84. The first-order valence-corrected chi connectivity index (χ1v) is 8.25. The van der Waals surface area contributed by atoms with Gasteiger partial charge in [0, 0.05) is 19.0 Å². The van der Waals surface area contributed by atoms with Gasteiger partial charge in [-0.05, 0) is 42.9 Å². The van der Waals surface area contributed by atoms with Crippen LogP contribution in [-0.4, -0.2) is 31.5 Å². The molecule has 2 N–H and O–H groups in total. The van der Waals surface area contributed by atoms with E-state index in [-0.39, 0.29) is 24.3 Å². The molecule has 0 atom stereocenters. The lowest BCUT2D eigenvalue weighted by molar-refractivity contribution is -0.124. The van der Waals surface area contributed by atoms with Gasteiger partial charge in [0.2, 0.25) is 5.91 Å². The SMILES string of the molecule is Cc1ccc(C(C)C)c(OCC(=O)NCCNC(=O)C2CC2)c1. The first-order valence-electron chi connectivity index (χ1n) is 8.25. The maximum Gasteiger partial charge on any atom is 0.258 e. The zero-order chi connectivity index (χ0) is 16.8. The fourth-order valence-corrected chi connectivity index (χ4v) is 2.32. The van der Waals surface area contributed by atoms with E-state index in [0.717, 1.165) is 29.7 Å². The molecule has 0 unspecified atom stereocenters. The zero-order valence-corrected chi connectivity index (χ0v) is 14.1. The second kappa shape index (κ2) is 7.99. The van der Waals surface area contributed by atoms with Crippen molar-refractivity contribution in [1.29, 1.82) is 0 Å². The molecule has 5 heteroatoms. The Labute approximate surface area is 137 Å². The zero-order valence-electron chi connectivity index (χ0n) is 14.1. The van der Waals surface area contributed by atoms with E-state index in [4.69, 9.17) is 4.74 Å². The van der Waals surface area contributed by atoms with Crippen LogP contribution in [0.4, 0.5) is 0 Å². The Bertz CT molecular complexity index is 565. The highest BCUT2D eigenvalue weighted by Gasteiger charge is 2.28. The van der Waals surface area contributed by atoms with Crippen molar-refractivity contribution in [2.45, 2.75) is 39.5 Å². The molecular weight excluding hydrogens is 292 g/mol. The summed E-state index contributed by atoms with van der Waals surface area (Å²) in [6.45, 7) is 7.06. The van der Waals surface area contributed by atoms with Gasteiger partial charge in [0.05, 0.1) is 0 Å². The van der Waals surface area contributed by atoms with Crippen molar-refractivity contribution in [1.82, 2.24) is 10.6 Å². The lowest BCUT2D eigenvalue weighted by atomic mass is 10.0. The molecule has 126 valence electrons. The number of carbonyl (C=O) groups is 2. The second-order valence-corrected chi connectivity index (χ2v) is 6.40. The largest absolute Gasteiger partial charge is 0.483 e. The summed E-state index contributed by atoms with van der Waals surface area (Å²) in [5, 5.41) is 5.56. The molecule has 1 saturated carbocycles. The third-order valence-corrected chi connectivity index (χ3v) is 3.84. The minimum atomic E-state index is -0.179. The number of benzene rings is 1. The number of aryl methyl sites for hydroxylation is 1. The summed E-state index contributed by atoms with van der Waals surface area (Å²) < 4.78 is 5.67. The van der Waals surface area contributed by atoms with Gasteiger partial charge in [-0.3, -0.25) is 9.59 Å². The van der Waals surface area contributed by atoms with Crippen LogP contribution in [-0.2, 0) is 9.59 Å². The lowest BCUT2D eigenvalue weighted by Crippen LogP contribution is -2.37. The average molecular weight is 318 g/mol. The first-order chi connectivity index (χ1) is 11.0. The molecule has 0 spiro atoms. The highest BCUT2D eigenvalue weighted by atomic mass is 16.5. The van der Waals surface area contributed by atoms with Gasteiger partial charge < -0.3 is 15.4 Å². The van der Waals surface area contributed by atoms with Crippen LogP contribution in [0, 0.1) is 12.8 Å². The van der Waals surface area contributed by atoms with E-state index in [0.29, 0.717) is 19.0 Å². The van der Waals surface area contributed by atoms with Crippen molar-refractivity contribution in [2.24, 2.45) is 5.92 Å². The summed E-state index contributed by atoms with van der Waals surface area (Å²) in [6, 6.07) is 6.05. The van der Waals surface area contributed by atoms with E-state index >= 15 is 0 Å². The molecule has 1 aromatic rings. The molecule has 1 aromatic carbocycles. The predicted molar refractivity (Wildman–Crippen MR) is 89.5 cm³/mol. The van der Waals surface area contributed by atoms with Crippen LogP contribution in [0.15, 0.2) is 18.2 Å². The predicted octanol–water partition coefficient (Wildman–Crippen LogP) is 2.14. The Morgan fingerprint density at radius 1 is 1.22 bits per heavy atom. The van der Waals surface area contributed by atoms with Gasteiger partial charge >= 0.3 is 0 Å². The molecule has 1 fully saturated rings.